The summed E-state index contributed by atoms with van der Waals surface area (Å²) in [5, 5.41) is 0. The molecule has 0 radical (unpaired) electrons. The van der Waals surface area contributed by atoms with E-state index in [4.69, 9.17) is 5.73 Å². The Morgan fingerprint density at radius 2 is 2.11 bits per heavy atom. The lowest BCUT2D eigenvalue weighted by Gasteiger charge is -2.40. The van der Waals surface area contributed by atoms with Crippen molar-refractivity contribution in [3.63, 3.8) is 0 Å². The van der Waals surface area contributed by atoms with Gasteiger partial charge in [-0.3, -0.25) is 14.6 Å². The van der Waals surface area contributed by atoms with Crippen LogP contribution in [-0.4, -0.2) is 57.9 Å². The van der Waals surface area contributed by atoms with Gasteiger partial charge in [0.05, 0.1) is 0 Å². The third-order valence-electron chi connectivity index (χ3n) is 4.15. The Morgan fingerprint density at radius 1 is 1.32 bits per heavy atom. The van der Waals surface area contributed by atoms with Crippen molar-refractivity contribution < 1.29 is 4.79 Å². The van der Waals surface area contributed by atoms with Gasteiger partial charge in [-0.15, -0.1) is 0 Å². The smallest absolute Gasteiger partial charge is 0.239 e. The van der Waals surface area contributed by atoms with Crippen molar-refractivity contribution in [2.75, 3.05) is 26.2 Å². The van der Waals surface area contributed by atoms with Crippen molar-refractivity contribution in [2.45, 2.75) is 24.9 Å². The van der Waals surface area contributed by atoms with Crippen molar-refractivity contribution >= 4 is 5.91 Å². The molecule has 3 heterocycles. The lowest BCUT2D eigenvalue weighted by atomic mass is 10.0. The van der Waals surface area contributed by atoms with Gasteiger partial charge in [-0.05, 0) is 19.4 Å². The predicted molar refractivity (Wildman–Crippen MR) is 70.1 cm³/mol. The van der Waals surface area contributed by atoms with Crippen LogP contribution in [-0.2, 0) is 4.79 Å². The Hall–Kier alpha value is -1.53. The summed E-state index contributed by atoms with van der Waals surface area (Å²) in [4.78, 5) is 24.5. The number of piperazine rings is 1. The summed E-state index contributed by atoms with van der Waals surface area (Å²) < 4.78 is 0. The zero-order chi connectivity index (χ0) is 13.2. The van der Waals surface area contributed by atoms with Crippen LogP contribution in [0.2, 0.25) is 0 Å². The summed E-state index contributed by atoms with van der Waals surface area (Å²) in [5.41, 5.74) is 6.38. The number of carbonyl (C=O) groups is 1. The molecule has 2 atom stereocenters. The molecular formula is C13H19N5O. The fourth-order valence-corrected chi connectivity index (χ4v) is 3.26. The van der Waals surface area contributed by atoms with Crippen molar-refractivity contribution in [1.29, 1.82) is 0 Å². The zero-order valence-electron chi connectivity index (χ0n) is 10.9. The fourth-order valence-electron chi connectivity index (χ4n) is 3.26. The molecule has 2 fully saturated rings. The molecule has 0 saturated carbocycles. The van der Waals surface area contributed by atoms with E-state index in [1.807, 2.05) is 0 Å². The summed E-state index contributed by atoms with van der Waals surface area (Å²) in [6.07, 6.45) is 7.31. The first-order valence-corrected chi connectivity index (χ1v) is 6.78. The highest BCUT2D eigenvalue weighted by molar-refractivity contribution is 5.81. The molecule has 1 aromatic rings. The maximum absolute atomic E-state index is 11.8. The molecule has 0 aliphatic carbocycles. The number of carbonyl (C=O) groups excluding carboxylic acids is 1. The van der Waals surface area contributed by atoms with E-state index in [1.165, 1.54) is 25.7 Å². The van der Waals surface area contributed by atoms with Crippen LogP contribution < -0.4 is 5.73 Å². The first-order chi connectivity index (χ1) is 9.25. The highest BCUT2D eigenvalue weighted by atomic mass is 16.1. The molecule has 2 aliphatic heterocycles. The average molecular weight is 261 g/mol. The SMILES string of the molecule is NC(=O)C(c1cncnc1)N1CCN2CCC[C@@H]2C1. The van der Waals surface area contributed by atoms with E-state index >= 15 is 0 Å². The summed E-state index contributed by atoms with van der Waals surface area (Å²) in [7, 11) is 0. The van der Waals surface area contributed by atoms with E-state index in [1.54, 1.807) is 12.4 Å². The first-order valence-electron chi connectivity index (χ1n) is 6.78. The number of rotatable bonds is 3. The Bertz CT molecular complexity index is 452. The van der Waals surface area contributed by atoms with Crippen LogP contribution in [0.4, 0.5) is 0 Å². The number of nitrogens with zero attached hydrogens (tertiary/aromatic N) is 4. The van der Waals surface area contributed by atoms with Gasteiger partial charge >= 0.3 is 0 Å². The molecule has 2 N–H and O–H groups in total. The minimum atomic E-state index is -0.399. The van der Waals surface area contributed by atoms with Crippen LogP contribution in [0.1, 0.15) is 24.4 Å². The molecule has 1 amide bonds. The van der Waals surface area contributed by atoms with Gasteiger partial charge in [-0.25, -0.2) is 9.97 Å². The molecule has 1 aromatic heterocycles. The number of hydrogen-bond donors (Lipinski definition) is 1. The average Bonchev–Trinajstić information content (AvgIpc) is 2.87. The Labute approximate surface area is 112 Å². The molecule has 6 nitrogen and oxygen atoms in total. The summed E-state index contributed by atoms with van der Waals surface area (Å²) in [6, 6.07) is 0.171. The second kappa shape index (κ2) is 5.22. The molecule has 2 saturated heterocycles. The Balaban J connectivity index is 1.79. The van der Waals surface area contributed by atoms with Crippen molar-refractivity contribution in [3.8, 4) is 0 Å². The van der Waals surface area contributed by atoms with Gasteiger partial charge in [-0.1, -0.05) is 0 Å². The van der Waals surface area contributed by atoms with Gasteiger partial charge in [0.25, 0.3) is 0 Å². The van der Waals surface area contributed by atoms with Gasteiger partial charge in [0, 0.05) is 43.6 Å². The van der Waals surface area contributed by atoms with Gasteiger partial charge in [0.15, 0.2) is 0 Å². The van der Waals surface area contributed by atoms with Crippen LogP contribution in [0.5, 0.6) is 0 Å². The van der Waals surface area contributed by atoms with Gasteiger partial charge in [0.2, 0.25) is 5.91 Å². The van der Waals surface area contributed by atoms with Crippen LogP contribution in [0.3, 0.4) is 0 Å². The molecule has 0 spiro atoms. The predicted octanol–water partition coefficient (Wildman–Crippen LogP) is -0.217. The standard InChI is InChI=1S/C13H19N5O/c14-13(19)12(10-6-15-9-16-7-10)18-5-4-17-3-1-2-11(17)8-18/h6-7,9,11-12H,1-5,8H2,(H2,14,19)/t11-,12?/m1/s1. The van der Waals surface area contributed by atoms with Crippen molar-refractivity contribution in [3.05, 3.63) is 24.3 Å². The number of nitrogens with two attached hydrogens (primary N) is 1. The molecule has 2 aliphatic rings. The minimum absolute atomic E-state index is 0.318. The van der Waals surface area contributed by atoms with Gasteiger partial charge in [-0.2, -0.15) is 0 Å². The maximum atomic E-state index is 11.8. The first kappa shape index (κ1) is 12.5. The van der Waals surface area contributed by atoms with Gasteiger partial charge < -0.3 is 5.73 Å². The topological polar surface area (TPSA) is 75.3 Å². The lowest BCUT2D eigenvalue weighted by Crippen LogP contribution is -2.53. The normalized spacial score (nSPS) is 26.0. The van der Waals surface area contributed by atoms with E-state index in [-0.39, 0.29) is 5.91 Å². The van der Waals surface area contributed by atoms with E-state index in [9.17, 15) is 4.79 Å². The molecular weight excluding hydrogens is 242 g/mol. The number of primary amides is 1. The number of aromatic nitrogens is 2. The second-order valence-electron chi connectivity index (χ2n) is 5.30. The maximum Gasteiger partial charge on any atom is 0.239 e. The molecule has 6 heteroatoms. The monoisotopic (exact) mass is 261 g/mol. The summed E-state index contributed by atoms with van der Waals surface area (Å²) in [5.74, 6) is -0.318. The van der Waals surface area contributed by atoms with Crippen LogP contribution >= 0.6 is 0 Å². The number of fused-ring (bicyclic) bond motifs is 1. The van der Waals surface area contributed by atoms with Crippen LogP contribution in [0.25, 0.3) is 0 Å². The van der Waals surface area contributed by atoms with Crippen LogP contribution in [0.15, 0.2) is 18.7 Å². The van der Waals surface area contributed by atoms with E-state index in [0.29, 0.717) is 6.04 Å². The highest BCUT2D eigenvalue weighted by Crippen LogP contribution is 2.27. The quantitative estimate of drug-likeness (QED) is 0.814. The summed E-state index contributed by atoms with van der Waals surface area (Å²) >= 11 is 0. The third-order valence-corrected chi connectivity index (χ3v) is 4.15. The van der Waals surface area contributed by atoms with Crippen molar-refractivity contribution in [1.82, 2.24) is 19.8 Å². The summed E-state index contributed by atoms with van der Waals surface area (Å²) in [6.45, 7) is 3.98. The lowest BCUT2D eigenvalue weighted by molar-refractivity contribution is -0.124. The number of hydrogen-bond acceptors (Lipinski definition) is 5. The highest BCUT2D eigenvalue weighted by Gasteiger charge is 2.35. The molecule has 1 unspecified atom stereocenters. The van der Waals surface area contributed by atoms with Crippen molar-refractivity contribution in [2.24, 2.45) is 5.73 Å². The van der Waals surface area contributed by atoms with Crippen LogP contribution in [0, 0.1) is 0 Å². The van der Waals surface area contributed by atoms with E-state index in [2.05, 4.69) is 19.8 Å². The minimum Gasteiger partial charge on any atom is -0.368 e. The fraction of sp³-hybridized carbons (Fsp3) is 0.615. The number of amides is 1. The Kier molecular flexibility index (Phi) is 3.44. The molecule has 0 bridgehead atoms. The van der Waals surface area contributed by atoms with Gasteiger partial charge in [0.1, 0.15) is 12.4 Å². The second-order valence-corrected chi connectivity index (χ2v) is 5.30. The molecule has 102 valence electrons. The third kappa shape index (κ3) is 2.46. The molecule has 0 aromatic carbocycles. The van der Waals surface area contributed by atoms with E-state index in [0.717, 1.165) is 25.2 Å². The molecule has 3 rings (SSSR count). The molecule has 19 heavy (non-hydrogen) atoms. The van der Waals surface area contributed by atoms with E-state index < -0.39 is 6.04 Å². The Morgan fingerprint density at radius 3 is 2.84 bits per heavy atom. The largest absolute Gasteiger partial charge is 0.368 e. The zero-order valence-corrected chi connectivity index (χ0v) is 10.9.